The lowest BCUT2D eigenvalue weighted by molar-refractivity contribution is 0.242. The molecule has 0 amide bonds. The fraction of sp³-hybridized carbons (Fsp3) is 0.733. The fourth-order valence-corrected chi connectivity index (χ4v) is 4.69. The molecule has 0 aliphatic heterocycles. The molecule has 0 bridgehead atoms. The van der Waals surface area contributed by atoms with Crippen molar-refractivity contribution < 1.29 is 0 Å². The summed E-state index contributed by atoms with van der Waals surface area (Å²) in [5.41, 5.74) is 1.67. The zero-order chi connectivity index (χ0) is 11.7. The lowest BCUT2D eigenvalue weighted by Gasteiger charge is -2.33. The zero-order valence-corrected chi connectivity index (χ0v) is 11.6. The second kappa shape index (κ2) is 5.11. The molecule has 1 nitrogen and oxygen atoms in total. The van der Waals surface area contributed by atoms with Crippen LogP contribution in [0.1, 0.15) is 59.9 Å². The number of hydrogen-bond donors (Lipinski definition) is 1. The van der Waals surface area contributed by atoms with Crippen molar-refractivity contribution >= 4 is 11.3 Å². The summed E-state index contributed by atoms with van der Waals surface area (Å²) in [6, 6.07) is 3.16. The largest absolute Gasteiger partial charge is 0.312 e. The lowest BCUT2D eigenvalue weighted by Crippen LogP contribution is -2.29. The maximum atomic E-state index is 3.56. The average Bonchev–Trinajstić information content (AvgIpc) is 2.54. The van der Waals surface area contributed by atoms with Crippen LogP contribution in [0.5, 0.6) is 0 Å². The molecule has 1 atom stereocenters. The third-order valence-corrected chi connectivity index (χ3v) is 5.82. The Bertz CT molecular complexity index is 355. The Morgan fingerprint density at radius 3 is 2.71 bits per heavy atom. The minimum absolute atomic E-state index is 0.640. The highest BCUT2D eigenvalue weighted by molar-refractivity contribution is 7.12. The van der Waals surface area contributed by atoms with Crippen LogP contribution in [-0.2, 0) is 12.8 Å². The predicted molar refractivity (Wildman–Crippen MR) is 74.7 cm³/mol. The molecule has 3 rings (SSSR count). The third-order valence-electron chi connectivity index (χ3n) is 4.50. The Labute approximate surface area is 109 Å². The average molecular weight is 249 g/mol. The SMILES string of the molecule is CNC(c1cc2c(s1)CCCCC2)C1CCC1. The van der Waals surface area contributed by atoms with Crippen molar-refractivity contribution in [2.45, 2.75) is 57.4 Å². The number of thiophene rings is 1. The van der Waals surface area contributed by atoms with Crippen molar-refractivity contribution in [1.82, 2.24) is 5.32 Å². The first-order chi connectivity index (χ1) is 8.38. The van der Waals surface area contributed by atoms with Gasteiger partial charge in [0.15, 0.2) is 0 Å². The molecule has 1 N–H and O–H groups in total. The molecule has 0 spiro atoms. The molecule has 1 aromatic rings. The van der Waals surface area contributed by atoms with Gasteiger partial charge >= 0.3 is 0 Å². The number of rotatable bonds is 3. The van der Waals surface area contributed by atoms with Gasteiger partial charge in [0.1, 0.15) is 0 Å². The molecule has 1 unspecified atom stereocenters. The van der Waals surface area contributed by atoms with Crippen molar-refractivity contribution in [1.29, 1.82) is 0 Å². The van der Waals surface area contributed by atoms with Crippen LogP contribution in [0.4, 0.5) is 0 Å². The summed E-state index contributed by atoms with van der Waals surface area (Å²) in [4.78, 5) is 3.31. The van der Waals surface area contributed by atoms with Gasteiger partial charge in [0.25, 0.3) is 0 Å². The number of fused-ring (bicyclic) bond motifs is 1. The lowest BCUT2D eigenvalue weighted by atomic mass is 9.79. The summed E-state index contributed by atoms with van der Waals surface area (Å²) in [7, 11) is 2.13. The van der Waals surface area contributed by atoms with Gasteiger partial charge in [0, 0.05) is 15.8 Å². The van der Waals surface area contributed by atoms with Crippen LogP contribution in [0.25, 0.3) is 0 Å². The Balaban J connectivity index is 1.82. The Hall–Kier alpha value is -0.340. The molecule has 2 heteroatoms. The standard InChI is InChI=1S/C15H23NS/c1-16-15(11-7-5-8-11)14-10-12-6-3-2-4-9-13(12)17-14/h10-11,15-16H,2-9H2,1H3. The van der Waals surface area contributed by atoms with E-state index >= 15 is 0 Å². The van der Waals surface area contributed by atoms with E-state index in [-0.39, 0.29) is 0 Å². The highest BCUT2D eigenvalue weighted by atomic mass is 32.1. The van der Waals surface area contributed by atoms with Crippen LogP contribution in [0.3, 0.4) is 0 Å². The van der Waals surface area contributed by atoms with Crippen LogP contribution < -0.4 is 5.32 Å². The van der Waals surface area contributed by atoms with E-state index in [0.29, 0.717) is 6.04 Å². The van der Waals surface area contributed by atoms with Crippen LogP contribution in [0, 0.1) is 5.92 Å². The van der Waals surface area contributed by atoms with Crippen molar-refractivity contribution in [2.24, 2.45) is 5.92 Å². The first-order valence-electron chi connectivity index (χ1n) is 7.17. The van der Waals surface area contributed by atoms with Gasteiger partial charge in [0.2, 0.25) is 0 Å². The summed E-state index contributed by atoms with van der Waals surface area (Å²) in [6.07, 6.45) is 11.2. The predicted octanol–water partition coefficient (Wildman–Crippen LogP) is 4.08. The van der Waals surface area contributed by atoms with E-state index in [9.17, 15) is 0 Å². The summed E-state index contributed by atoms with van der Waals surface area (Å²) in [5, 5.41) is 3.56. The van der Waals surface area contributed by atoms with Crippen molar-refractivity contribution in [3.63, 3.8) is 0 Å². The topological polar surface area (TPSA) is 12.0 Å². The highest BCUT2D eigenvalue weighted by Gasteiger charge is 2.29. The fourth-order valence-electron chi connectivity index (χ4n) is 3.23. The monoisotopic (exact) mass is 249 g/mol. The van der Waals surface area contributed by atoms with Crippen LogP contribution >= 0.6 is 11.3 Å². The third kappa shape index (κ3) is 2.30. The van der Waals surface area contributed by atoms with E-state index in [0.717, 1.165) is 5.92 Å². The van der Waals surface area contributed by atoms with Crippen molar-refractivity contribution in [3.05, 3.63) is 21.4 Å². The minimum atomic E-state index is 0.640. The summed E-state index contributed by atoms with van der Waals surface area (Å²) in [6.45, 7) is 0. The molecule has 17 heavy (non-hydrogen) atoms. The summed E-state index contributed by atoms with van der Waals surface area (Å²) >= 11 is 2.10. The molecule has 0 saturated heterocycles. The Morgan fingerprint density at radius 2 is 2.00 bits per heavy atom. The molecule has 1 saturated carbocycles. The molecule has 1 heterocycles. The molecule has 94 valence electrons. The molecular weight excluding hydrogens is 226 g/mol. The molecule has 2 aliphatic carbocycles. The number of hydrogen-bond acceptors (Lipinski definition) is 2. The van der Waals surface area contributed by atoms with Crippen LogP contribution in [-0.4, -0.2) is 7.05 Å². The molecule has 0 radical (unpaired) electrons. The first kappa shape index (κ1) is 11.7. The highest BCUT2D eigenvalue weighted by Crippen LogP contribution is 2.41. The van der Waals surface area contributed by atoms with Gasteiger partial charge in [-0.05, 0) is 63.1 Å². The molecule has 2 aliphatic rings. The normalized spacial score (nSPS) is 22.6. The van der Waals surface area contributed by atoms with E-state index in [2.05, 4.69) is 29.8 Å². The van der Waals surface area contributed by atoms with Crippen molar-refractivity contribution in [2.75, 3.05) is 7.05 Å². The van der Waals surface area contributed by atoms with Crippen LogP contribution in [0.15, 0.2) is 6.07 Å². The minimum Gasteiger partial charge on any atom is -0.312 e. The maximum absolute atomic E-state index is 3.56. The van der Waals surface area contributed by atoms with Gasteiger partial charge in [-0.25, -0.2) is 0 Å². The van der Waals surface area contributed by atoms with E-state index in [1.54, 1.807) is 15.3 Å². The van der Waals surface area contributed by atoms with Gasteiger partial charge in [-0.2, -0.15) is 0 Å². The zero-order valence-electron chi connectivity index (χ0n) is 10.8. The van der Waals surface area contributed by atoms with E-state index in [1.807, 2.05) is 0 Å². The number of nitrogens with one attached hydrogen (secondary N) is 1. The maximum Gasteiger partial charge on any atom is 0.0441 e. The first-order valence-corrected chi connectivity index (χ1v) is 7.99. The summed E-state index contributed by atoms with van der Waals surface area (Å²) in [5.74, 6) is 0.905. The van der Waals surface area contributed by atoms with E-state index in [1.165, 1.54) is 51.4 Å². The second-order valence-electron chi connectivity index (χ2n) is 5.62. The number of aryl methyl sites for hydroxylation is 2. The Morgan fingerprint density at radius 1 is 1.18 bits per heavy atom. The van der Waals surface area contributed by atoms with Gasteiger partial charge < -0.3 is 5.32 Å². The van der Waals surface area contributed by atoms with Crippen LogP contribution in [0.2, 0.25) is 0 Å². The second-order valence-corrected chi connectivity index (χ2v) is 6.78. The van der Waals surface area contributed by atoms with Gasteiger partial charge in [-0.15, -0.1) is 11.3 Å². The molecule has 1 fully saturated rings. The van der Waals surface area contributed by atoms with E-state index < -0.39 is 0 Å². The Kier molecular flexibility index (Phi) is 3.53. The van der Waals surface area contributed by atoms with E-state index in [4.69, 9.17) is 0 Å². The van der Waals surface area contributed by atoms with Crippen molar-refractivity contribution in [3.8, 4) is 0 Å². The van der Waals surface area contributed by atoms with Gasteiger partial charge in [-0.3, -0.25) is 0 Å². The van der Waals surface area contributed by atoms with Gasteiger partial charge in [0.05, 0.1) is 0 Å². The molecule has 1 aromatic heterocycles. The quantitative estimate of drug-likeness (QED) is 0.796. The smallest absolute Gasteiger partial charge is 0.0441 e. The molecule has 0 aromatic carbocycles. The van der Waals surface area contributed by atoms with Gasteiger partial charge in [-0.1, -0.05) is 12.8 Å². The molecular formula is C15H23NS. The summed E-state index contributed by atoms with van der Waals surface area (Å²) < 4.78 is 0.